The van der Waals surface area contributed by atoms with Crippen molar-refractivity contribution >= 4 is 22.5 Å². The maximum atomic E-state index is 12.9. The predicted octanol–water partition coefficient (Wildman–Crippen LogP) is 5.11. The van der Waals surface area contributed by atoms with E-state index in [1.54, 1.807) is 12.4 Å². The van der Waals surface area contributed by atoms with Gasteiger partial charge >= 0.3 is 6.03 Å². The van der Waals surface area contributed by atoms with Gasteiger partial charge in [0.25, 0.3) is 0 Å². The number of fused-ring (bicyclic) bond motifs is 2. The summed E-state index contributed by atoms with van der Waals surface area (Å²) < 4.78 is 6.32. The third-order valence-electron chi connectivity index (χ3n) is 5.94. The fourth-order valence-electron chi connectivity index (χ4n) is 4.34. The molecule has 2 N–H and O–H groups in total. The van der Waals surface area contributed by atoms with Gasteiger partial charge in [-0.25, -0.2) is 4.79 Å². The lowest BCUT2D eigenvalue weighted by Crippen LogP contribution is -2.50. The van der Waals surface area contributed by atoms with Gasteiger partial charge in [-0.05, 0) is 44.4 Å². The molecule has 5 rings (SSSR count). The predicted molar refractivity (Wildman–Crippen MR) is 110 cm³/mol. The summed E-state index contributed by atoms with van der Waals surface area (Å²) in [7, 11) is 0. The number of benzene rings is 2. The lowest BCUT2D eigenvalue weighted by Gasteiger charge is -2.48. The molecule has 1 aliphatic carbocycles. The summed E-state index contributed by atoms with van der Waals surface area (Å²) in [6.07, 6.45) is 7.65. The van der Waals surface area contributed by atoms with Crippen molar-refractivity contribution in [2.75, 3.05) is 5.32 Å². The number of anilines is 1. The largest absolute Gasteiger partial charge is 0.487 e. The van der Waals surface area contributed by atoms with Crippen LogP contribution in [-0.2, 0) is 0 Å². The minimum absolute atomic E-state index is 0.0550. The standard InChI is InChI=1S/C23H23N3O2/c1-15-6-7-21-18(12-15)20(13-23(28-21)9-3-10-23)26-22(27)25-19-5-2-4-16-14-24-11-8-17(16)19/h2,4-8,11-12,14,20H,3,9-10,13H2,1H3,(H2,25,26,27). The van der Waals surface area contributed by atoms with Gasteiger partial charge in [0, 0.05) is 35.2 Å². The molecule has 0 saturated heterocycles. The highest BCUT2D eigenvalue weighted by molar-refractivity contribution is 6.01. The fraction of sp³-hybridized carbons (Fsp3) is 0.304. The SMILES string of the molecule is Cc1ccc2c(c1)C(NC(=O)Nc1cccc3cnccc13)CC1(CCC1)O2. The number of ether oxygens (including phenoxy) is 1. The molecule has 1 spiro atoms. The third kappa shape index (κ3) is 2.97. The molecular formula is C23H23N3O2. The molecule has 28 heavy (non-hydrogen) atoms. The number of hydrogen-bond acceptors (Lipinski definition) is 3. The van der Waals surface area contributed by atoms with Crippen LogP contribution in [0.1, 0.15) is 42.9 Å². The van der Waals surface area contributed by atoms with Gasteiger partial charge < -0.3 is 15.4 Å². The van der Waals surface area contributed by atoms with Crippen LogP contribution in [0.4, 0.5) is 10.5 Å². The molecule has 142 valence electrons. The van der Waals surface area contributed by atoms with Crippen molar-refractivity contribution in [1.29, 1.82) is 0 Å². The molecule has 3 aromatic rings. The molecule has 1 atom stereocenters. The van der Waals surface area contributed by atoms with Gasteiger partial charge in [0.05, 0.1) is 11.7 Å². The number of carbonyl (C=O) groups excluding carboxylic acids is 1. The molecular weight excluding hydrogens is 350 g/mol. The highest BCUT2D eigenvalue weighted by Crippen LogP contribution is 2.49. The average molecular weight is 373 g/mol. The molecule has 5 nitrogen and oxygen atoms in total. The summed E-state index contributed by atoms with van der Waals surface area (Å²) in [5.74, 6) is 0.901. The number of aryl methyl sites for hydroxylation is 1. The molecule has 0 radical (unpaired) electrons. The van der Waals surface area contributed by atoms with E-state index in [1.807, 2.05) is 30.3 Å². The Bertz CT molecular complexity index is 1050. The first kappa shape index (κ1) is 17.0. The molecule has 2 heterocycles. The summed E-state index contributed by atoms with van der Waals surface area (Å²) in [6.45, 7) is 2.06. The van der Waals surface area contributed by atoms with Crippen molar-refractivity contribution < 1.29 is 9.53 Å². The van der Waals surface area contributed by atoms with Crippen LogP contribution in [0.2, 0.25) is 0 Å². The van der Waals surface area contributed by atoms with E-state index < -0.39 is 0 Å². The third-order valence-corrected chi connectivity index (χ3v) is 5.94. The molecule has 1 saturated carbocycles. The second kappa shape index (κ2) is 6.51. The summed E-state index contributed by atoms with van der Waals surface area (Å²) in [4.78, 5) is 17.0. The van der Waals surface area contributed by atoms with Gasteiger partial charge in [0.2, 0.25) is 0 Å². The van der Waals surface area contributed by atoms with E-state index in [-0.39, 0.29) is 17.7 Å². The van der Waals surface area contributed by atoms with E-state index in [9.17, 15) is 4.79 Å². The quantitative estimate of drug-likeness (QED) is 0.656. The summed E-state index contributed by atoms with van der Waals surface area (Å²) in [6, 6.07) is 13.7. The zero-order chi connectivity index (χ0) is 19.1. The van der Waals surface area contributed by atoms with Crippen LogP contribution in [-0.4, -0.2) is 16.6 Å². The van der Waals surface area contributed by atoms with Crippen LogP contribution in [0, 0.1) is 6.92 Å². The minimum atomic E-state index is -0.196. The smallest absolute Gasteiger partial charge is 0.319 e. The number of pyridine rings is 1. The zero-order valence-electron chi connectivity index (χ0n) is 15.9. The van der Waals surface area contributed by atoms with E-state index in [4.69, 9.17) is 4.74 Å². The van der Waals surface area contributed by atoms with Crippen molar-refractivity contribution in [2.24, 2.45) is 0 Å². The molecule has 2 aromatic carbocycles. The van der Waals surface area contributed by atoms with Gasteiger partial charge in [-0.1, -0.05) is 29.8 Å². The number of aromatic nitrogens is 1. The van der Waals surface area contributed by atoms with Gasteiger partial charge in [-0.15, -0.1) is 0 Å². The number of nitrogens with zero attached hydrogens (tertiary/aromatic N) is 1. The van der Waals surface area contributed by atoms with Gasteiger partial charge in [0.15, 0.2) is 0 Å². The van der Waals surface area contributed by atoms with Crippen molar-refractivity contribution in [3.05, 3.63) is 66.0 Å². The Labute approximate surface area is 164 Å². The van der Waals surface area contributed by atoms with E-state index >= 15 is 0 Å². The van der Waals surface area contributed by atoms with Crippen LogP contribution in [0.15, 0.2) is 54.9 Å². The van der Waals surface area contributed by atoms with Crippen LogP contribution in [0.5, 0.6) is 5.75 Å². The van der Waals surface area contributed by atoms with Gasteiger partial charge in [0.1, 0.15) is 11.4 Å². The first-order valence-electron chi connectivity index (χ1n) is 9.82. The lowest BCUT2D eigenvalue weighted by molar-refractivity contribution is -0.0354. The highest BCUT2D eigenvalue weighted by atomic mass is 16.5. The molecule has 1 unspecified atom stereocenters. The first-order chi connectivity index (χ1) is 13.6. The summed E-state index contributed by atoms with van der Waals surface area (Å²) in [5.41, 5.74) is 2.90. The van der Waals surface area contributed by atoms with E-state index in [0.717, 1.165) is 47.0 Å². The van der Waals surface area contributed by atoms with Crippen LogP contribution >= 0.6 is 0 Å². The number of carbonyl (C=O) groups is 1. The second-order valence-electron chi connectivity index (χ2n) is 7.94. The summed E-state index contributed by atoms with van der Waals surface area (Å²) in [5, 5.41) is 8.19. The van der Waals surface area contributed by atoms with Crippen molar-refractivity contribution in [2.45, 2.75) is 44.2 Å². The maximum absolute atomic E-state index is 12.9. The van der Waals surface area contributed by atoms with Crippen molar-refractivity contribution in [3.63, 3.8) is 0 Å². The maximum Gasteiger partial charge on any atom is 0.319 e. The first-order valence-corrected chi connectivity index (χ1v) is 9.82. The van der Waals surface area contributed by atoms with E-state index in [2.05, 4.69) is 34.7 Å². The Morgan fingerprint density at radius 2 is 2.11 bits per heavy atom. The summed E-state index contributed by atoms with van der Waals surface area (Å²) >= 11 is 0. The van der Waals surface area contributed by atoms with Crippen molar-refractivity contribution in [3.8, 4) is 5.75 Å². The fourth-order valence-corrected chi connectivity index (χ4v) is 4.34. The number of rotatable bonds is 2. The number of urea groups is 1. The van der Waals surface area contributed by atoms with Crippen LogP contribution in [0.25, 0.3) is 10.8 Å². The average Bonchev–Trinajstić information content (AvgIpc) is 2.67. The monoisotopic (exact) mass is 373 g/mol. The van der Waals surface area contributed by atoms with Gasteiger partial charge in [-0.3, -0.25) is 4.98 Å². The number of hydrogen-bond donors (Lipinski definition) is 2. The Hall–Kier alpha value is -3.08. The molecule has 1 aliphatic heterocycles. The van der Waals surface area contributed by atoms with Gasteiger partial charge in [-0.2, -0.15) is 0 Å². The molecule has 2 aliphatic rings. The molecule has 5 heteroatoms. The van der Waals surface area contributed by atoms with Crippen molar-refractivity contribution in [1.82, 2.24) is 10.3 Å². The lowest BCUT2D eigenvalue weighted by atomic mass is 9.73. The normalized spacial score (nSPS) is 19.4. The van der Waals surface area contributed by atoms with Crippen LogP contribution in [0.3, 0.4) is 0 Å². The highest BCUT2D eigenvalue weighted by Gasteiger charge is 2.45. The van der Waals surface area contributed by atoms with E-state index in [1.165, 1.54) is 12.0 Å². The Morgan fingerprint density at radius 1 is 1.21 bits per heavy atom. The molecule has 2 amide bonds. The molecule has 1 aromatic heterocycles. The van der Waals surface area contributed by atoms with Crippen LogP contribution < -0.4 is 15.4 Å². The minimum Gasteiger partial charge on any atom is -0.487 e. The zero-order valence-corrected chi connectivity index (χ0v) is 15.9. The van der Waals surface area contributed by atoms with E-state index in [0.29, 0.717) is 0 Å². The topological polar surface area (TPSA) is 63.2 Å². The molecule has 1 fully saturated rings. The molecule has 0 bridgehead atoms. The second-order valence-corrected chi connectivity index (χ2v) is 7.94. The number of amides is 2. The number of nitrogens with one attached hydrogen (secondary N) is 2. The Kier molecular flexibility index (Phi) is 3.97. The Balaban J connectivity index is 1.40. The Morgan fingerprint density at radius 3 is 2.93 bits per heavy atom.